The van der Waals surface area contributed by atoms with Crippen LogP contribution in [0.5, 0.6) is 11.5 Å². The Morgan fingerprint density at radius 2 is 1.84 bits per heavy atom. The number of hydrogen-bond acceptors (Lipinski definition) is 4. The minimum Gasteiger partial charge on any atom is -0.453 e. The van der Waals surface area contributed by atoms with Gasteiger partial charge in [0.15, 0.2) is 11.6 Å². The summed E-state index contributed by atoms with van der Waals surface area (Å²) in [6.07, 6.45) is 0. The lowest BCUT2D eigenvalue weighted by Crippen LogP contribution is -2.23. The number of nitrogen functional groups attached to an aromatic ring is 2. The van der Waals surface area contributed by atoms with Crippen molar-refractivity contribution in [3.05, 3.63) is 81.7 Å². The number of carbonyl (C=O) groups is 1. The molecule has 1 amide bonds. The molecule has 1 heterocycles. The van der Waals surface area contributed by atoms with Crippen molar-refractivity contribution in [2.24, 2.45) is 0 Å². The molecule has 6 N–H and O–H groups in total. The van der Waals surface area contributed by atoms with Gasteiger partial charge in [0.25, 0.3) is 5.91 Å². The Morgan fingerprint density at radius 1 is 1.03 bits per heavy atom. The quantitative estimate of drug-likeness (QED) is 0.296. The van der Waals surface area contributed by atoms with Gasteiger partial charge in [-0.15, -0.1) is 0 Å². The van der Waals surface area contributed by atoms with Crippen molar-refractivity contribution in [1.82, 2.24) is 10.3 Å². The standard InChI is InChI=1S/C22H17Cl2FN4O2/c23-13-7-15(27)9-16(8-13)31-21-17(24)3-1-11(20(21)25)10-28-22(30)19-6-12-5-14(26)2-4-18(12)29-19/h1-9,29H,10,26-27H2,(H,28,30). The number of amides is 1. The van der Waals surface area contributed by atoms with Crippen LogP contribution in [0.4, 0.5) is 15.8 Å². The molecule has 0 saturated heterocycles. The van der Waals surface area contributed by atoms with Gasteiger partial charge in [0.2, 0.25) is 0 Å². The van der Waals surface area contributed by atoms with Gasteiger partial charge in [0.1, 0.15) is 11.4 Å². The van der Waals surface area contributed by atoms with Gasteiger partial charge >= 0.3 is 0 Å². The van der Waals surface area contributed by atoms with E-state index in [9.17, 15) is 4.79 Å². The number of aromatic amines is 1. The van der Waals surface area contributed by atoms with Gasteiger partial charge in [-0.2, -0.15) is 0 Å². The Balaban J connectivity index is 1.53. The molecule has 0 aliphatic rings. The van der Waals surface area contributed by atoms with Gasteiger partial charge in [-0.25, -0.2) is 4.39 Å². The van der Waals surface area contributed by atoms with Crippen LogP contribution < -0.4 is 21.5 Å². The maximum atomic E-state index is 15.0. The molecule has 4 aromatic rings. The topological polar surface area (TPSA) is 106 Å². The number of hydrogen-bond donors (Lipinski definition) is 4. The molecular formula is C22H17Cl2FN4O2. The van der Waals surface area contributed by atoms with E-state index < -0.39 is 11.7 Å². The Morgan fingerprint density at radius 3 is 2.61 bits per heavy atom. The van der Waals surface area contributed by atoms with Crippen LogP contribution in [0.2, 0.25) is 10.0 Å². The summed E-state index contributed by atoms with van der Waals surface area (Å²) in [5, 5.41) is 3.90. The highest BCUT2D eigenvalue weighted by Crippen LogP contribution is 2.35. The summed E-state index contributed by atoms with van der Waals surface area (Å²) in [6, 6.07) is 14.4. The number of anilines is 2. The molecule has 0 fully saturated rings. The zero-order chi connectivity index (χ0) is 22.1. The van der Waals surface area contributed by atoms with E-state index in [0.717, 1.165) is 10.9 Å². The molecule has 0 spiro atoms. The number of nitrogens with two attached hydrogens (primary N) is 2. The third-order valence-electron chi connectivity index (χ3n) is 4.57. The summed E-state index contributed by atoms with van der Waals surface area (Å²) in [6.45, 7) is -0.0760. The van der Waals surface area contributed by atoms with Crippen LogP contribution in [-0.2, 0) is 6.54 Å². The van der Waals surface area contributed by atoms with Crippen molar-refractivity contribution in [2.45, 2.75) is 6.54 Å². The summed E-state index contributed by atoms with van der Waals surface area (Å²) >= 11 is 12.1. The maximum absolute atomic E-state index is 15.0. The Kier molecular flexibility index (Phi) is 5.63. The average Bonchev–Trinajstić information content (AvgIpc) is 3.13. The molecule has 1 aromatic heterocycles. The molecule has 9 heteroatoms. The van der Waals surface area contributed by atoms with Crippen LogP contribution in [0.25, 0.3) is 10.9 Å². The molecule has 0 radical (unpaired) electrons. The number of ether oxygens (including phenoxy) is 1. The predicted molar refractivity (Wildman–Crippen MR) is 121 cm³/mol. The van der Waals surface area contributed by atoms with Crippen LogP contribution in [0.15, 0.2) is 54.6 Å². The zero-order valence-corrected chi connectivity index (χ0v) is 17.5. The van der Waals surface area contributed by atoms with Crippen molar-refractivity contribution >= 4 is 51.4 Å². The molecule has 3 aromatic carbocycles. The summed E-state index contributed by atoms with van der Waals surface area (Å²) in [5.41, 5.74) is 13.8. The second-order valence-corrected chi connectivity index (χ2v) is 7.73. The van der Waals surface area contributed by atoms with Crippen LogP contribution in [0.1, 0.15) is 16.1 Å². The Bertz CT molecular complexity index is 1290. The molecule has 158 valence electrons. The van der Waals surface area contributed by atoms with Gasteiger partial charge in [0.05, 0.1) is 5.02 Å². The number of aromatic nitrogens is 1. The van der Waals surface area contributed by atoms with Crippen molar-refractivity contribution in [2.75, 3.05) is 11.5 Å². The summed E-state index contributed by atoms with van der Waals surface area (Å²) in [5.74, 6) is -1.04. The summed E-state index contributed by atoms with van der Waals surface area (Å²) in [7, 11) is 0. The summed E-state index contributed by atoms with van der Waals surface area (Å²) < 4.78 is 20.6. The highest BCUT2D eigenvalue weighted by molar-refractivity contribution is 6.32. The van der Waals surface area contributed by atoms with Crippen molar-refractivity contribution in [3.63, 3.8) is 0 Å². The van der Waals surface area contributed by atoms with E-state index in [1.165, 1.54) is 30.3 Å². The van der Waals surface area contributed by atoms with E-state index in [4.69, 9.17) is 39.4 Å². The number of fused-ring (bicyclic) bond motifs is 1. The van der Waals surface area contributed by atoms with Crippen LogP contribution >= 0.6 is 23.2 Å². The second-order valence-electron chi connectivity index (χ2n) is 6.88. The number of rotatable bonds is 5. The van der Waals surface area contributed by atoms with Gasteiger partial charge in [0, 0.05) is 45.5 Å². The van der Waals surface area contributed by atoms with E-state index in [-0.39, 0.29) is 28.6 Å². The van der Waals surface area contributed by atoms with Gasteiger partial charge in [-0.1, -0.05) is 29.3 Å². The molecule has 31 heavy (non-hydrogen) atoms. The first-order valence-corrected chi connectivity index (χ1v) is 9.93. The zero-order valence-electron chi connectivity index (χ0n) is 16.0. The molecule has 0 bridgehead atoms. The smallest absolute Gasteiger partial charge is 0.267 e. The van der Waals surface area contributed by atoms with E-state index in [1.807, 2.05) is 0 Å². The molecule has 0 unspecified atom stereocenters. The lowest BCUT2D eigenvalue weighted by atomic mass is 10.2. The maximum Gasteiger partial charge on any atom is 0.267 e. The first-order chi connectivity index (χ1) is 14.8. The largest absolute Gasteiger partial charge is 0.453 e. The minimum atomic E-state index is -0.698. The normalized spacial score (nSPS) is 10.9. The second kappa shape index (κ2) is 8.37. The first kappa shape index (κ1) is 20.8. The van der Waals surface area contributed by atoms with Crippen LogP contribution in [0.3, 0.4) is 0 Å². The lowest BCUT2D eigenvalue weighted by molar-refractivity contribution is 0.0946. The predicted octanol–water partition coefficient (Wildman–Crippen LogP) is 5.50. The van der Waals surface area contributed by atoms with Gasteiger partial charge < -0.3 is 26.5 Å². The number of halogens is 3. The molecule has 6 nitrogen and oxygen atoms in total. The van der Waals surface area contributed by atoms with Crippen molar-refractivity contribution in [3.8, 4) is 11.5 Å². The molecule has 0 aliphatic carbocycles. The molecular weight excluding hydrogens is 442 g/mol. The average molecular weight is 459 g/mol. The minimum absolute atomic E-state index is 0.0688. The van der Waals surface area contributed by atoms with Gasteiger partial charge in [-0.3, -0.25) is 4.79 Å². The monoisotopic (exact) mass is 458 g/mol. The molecule has 0 saturated carbocycles. The fourth-order valence-electron chi connectivity index (χ4n) is 3.11. The Labute approximate surface area is 186 Å². The fourth-order valence-corrected chi connectivity index (χ4v) is 3.53. The fraction of sp³-hybridized carbons (Fsp3) is 0.0455. The third kappa shape index (κ3) is 4.52. The Hall–Kier alpha value is -3.42. The first-order valence-electron chi connectivity index (χ1n) is 9.17. The number of benzene rings is 3. The van der Waals surface area contributed by atoms with E-state index in [2.05, 4.69) is 10.3 Å². The van der Waals surface area contributed by atoms with E-state index in [1.54, 1.807) is 24.3 Å². The molecule has 0 atom stereocenters. The highest BCUT2D eigenvalue weighted by Gasteiger charge is 2.17. The van der Waals surface area contributed by atoms with E-state index in [0.29, 0.717) is 22.1 Å². The summed E-state index contributed by atoms with van der Waals surface area (Å²) in [4.78, 5) is 15.5. The van der Waals surface area contributed by atoms with Crippen molar-refractivity contribution in [1.29, 1.82) is 0 Å². The van der Waals surface area contributed by atoms with Crippen molar-refractivity contribution < 1.29 is 13.9 Å². The van der Waals surface area contributed by atoms with Crippen LogP contribution in [0, 0.1) is 5.82 Å². The highest BCUT2D eigenvalue weighted by atomic mass is 35.5. The third-order valence-corrected chi connectivity index (χ3v) is 5.09. The SMILES string of the molecule is Nc1cc(Cl)cc(Oc2c(Cl)ccc(CNC(=O)c3cc4cc(N)ccc4[nH]3)c2F)c1. The van der Waals surface area contributed by atoms with Gasteiger partial charge in [-0.05, 0) is 42.5 Å². The molecule has 0 aliphatic heterocycles. The lowest BCUT2D eigenvalue weighted by Gasteiger charge is -2.13. The number of carbonyl (C=O) groups excluding carboxylic acids is 1. The van der Waals surface area contributed by atoms with E-state index >= 15 is 4.39 Å². The number of H-pyrrole nitrogens is 1. The number of nitrogens with one attached hydrogen (secondary N) is 2. The molecule has 4 rings (SSSR count). The van der Waals surface area contributed by atoms with Crippen LogP contribution in [-0.4, -0.2) is 10.9 Å².